The van der Waals surface area contributed by atoms with E-state index in [1.54, 1.807) is 6.92 Å². The second-order valence-corrected chi connectivity index (χ2v) is 6.47. The first kappa shape index (κ1) is 21.0. The van der Waals surface area contributed by atoms with Crippen molar-refractivity contribution in [2.75, 3.05) is 24.3 Å². The molecule has 1 atom stereocenters. The molecule has 0 fully saturated rings. The monoisotopic (exact) mass is 418 g/mol. The number of allylic oxidation sites excluding steroid dienone is 1. The van der Waals surface area contributed by atoms with Crippen LogP contribution < -0.4 is 21.5 Å². The molecule has 9 nitrogen and oxygen atoms in total. The van der Waals surface area contributed by atoms with Crippen molar-refractivity contribution in [3.05, 3.63) is 53.3 Å². The van der Waals surface area contributed by atoms with E-state index in [-0.39, 0.29) is 40.4 Å². The van der Waals surface area contributed by atoms with Crippen molar-refractivity contribution < 1.29 is 23.0 Å². The Morgan fingerprint density at radius 2 is 2.13 bits per heavy atom. The van der Waals surface area contributed by atoms with Crippen molar-refractivity contribution in [2.24, 2.45) is 10.7 Å². The average Bonchev–Trinajstić information content (AvgIpc) is 2.69. The molecule has 158 valence electrons. The van der Waals surface area contributed by atoms with Gasteiger partial charge in [-0.3, -0.25) is 4.79 Å². The number of rotatable bonds is 6. The minimum absolute atomic E-state index is 0.0586. The topological polar surface area (TPSA) is 138 Å². The summed E-state index contributed by atoms with van der Waals surface area (Å²) >= 11 is 0. The van der Waals surface area contributed by atoms with Gasteiger partial charge in [-0.1, -0.05) is 0 Å². The lowest BCUT2D eigenvalue weighted by molar-refractivity contribution is 0.102. The highest BCUT2D eigenvalue weighted by atomic mass is 19.1. The Bertz CT molecular complexity index is 1040. The molecule has 0 aliphatic carbocycles. The number of nitrogens with two attached hydrogens (primary N) is 2. The van der Waals surface area contributed by atoms with Crippen LogP contribution in [0.1, 0.15) is 29.9 Å². The van der Waals surface area contributed by atoms with E-state index in [0.29, 0.717) is 6.61 Å². The predicted octanol–water partition coefficient (Wildman–Crippen LogP) is 2.26. The van der Waals surface area contributed by atoms with E-state index in [2.05, 4.69) is 20.3 Å². The third-order valence-electron chi connectivity index (χ3n) is 4.21. The maximum atomic E-state index is 14.6. The van der Waals surface area contributed by atoms with Gasteiger partial charge < -0.3 is 26.3 Å². The van der Waals surface area contributed by atoms with E-state index in [1.807, 2.05) is 0 Å². The van der Waals surface area contributed by atoms with Gasteiger partial charge in [-0.15, -0.1) is 0 Å². The summed E-state index contributed by atoms with van der Waals surface area (Å²) in [5.74, 6) is -1.29. The van der Waals surface area contributed by atoms with E-state index in [4.69, 9.17) is 20.9 Å². The number of nitrogens with zero attached hydrogens (tertiary/aromatic N) is 3. The van der Waals surface area contributed by atoms with Crippen LogP contribution in [0.5, 0.6) is 5.88 Å². The molecule has 0 saturated heterocycles. The van der Waals surface area contributed by atoms with Crippen molar-refractivity contribution in [3.63, 3.8) is 0 Å². The molecule has 11 heteroatoms. The highest BCUT2D eigenvalue weighted by Gasteiger charge is 2.32. The second-order valence-electron chi connectivity index (χ2n) is 6.47. The third kappa shape index (κ3) is 4.29. The average molecular weight is 418 g/mol. The second kappa shape index (κ2) is 8.31. The summed E-state index contributed by atoms with van der Waals surface area (Å²) in [5, 5.41) is 2.58. The van der Waals surface area contributed by atoms with Gasteiger partial charge in [0.1, 0.15) is 23.8 Å². The number of carbonyl (C=O) groups excluding carboxylic acids is 1. The summed E-state index contributed by atoms with van der Waals surface area (Å²) in [7, 11) is 0. The maximum Gasteiger partial charge on any atom is 0.288 e. The standard InChI is InChI=1S/C19H20F2N6O3/c1-3-29-14-9-24-15(16(22)26-14)17(28)25-10-4-5-13(21)12(6-10)19(2)7-11(8-20)30-18(23)27-19/h4-7,9H,3,8H2,1-2H3,(H2,22,26)(H2,23,27)(H,25,28)/t19-/m0/s1. The van der Waals surface area contributed by atoms with Gasteiger partial charge in [-0.05, 0) is 38.1 Å². The van der Waals surface area contributed by atoms with Crippen molar-refractivity contribution >= 4 is 23.4 Å². The fourth-order valence-electron chi connectivity index (χ4n) is 2.93. The Labute approximate surface area is 170 Å². The van der Waals surface area contributed by atoms with Gasteiger partial charge in [0.05, 0.1) is 12.8 Å². The molecule has 1 amide bonds. The SMILES string of the molecule is CCOc1cnc(C(=O)Nc2ccc(F)c([C@]3(C)C=C(CF)OC(N)=N3)c2)c(N)n1. The number of anilines is 2. The first-order valence-corrected chi connectivity index (χ1v) is 8.93. The largest absolute Gasteiger partial charge is 0.477 e. The zero-order valence-electron chi connectivity index (χ0n) is 16.3. The van der Waals surface area contributed by atoms with Crippen LogP contribution in [0, 0.1) is 5.82 Å². The molecule has 0 saturated carbocycles. The maximum absolute atomic E-state index is 14.6. The van der Waals surface area contributed by atoms with Crippen LogP contribution in [-0.4, -0.2) is 35.2 Å². The molecule has 2 heterocycles. The van der Waals surface area contributed by atoms with Crippen molar-refractivity contribution in [2.45, 2.75) is 19.4 Å². The highest BCUT2D eigenvalue weighted by molar-refractivity contribution is 6.05. The quantitative estimate of drug-likeness (QED) is 0.654. The minimum atomic E-state index is -1.33. The number of alkyl halides is 1. The van der Waals surface area contributed by atoms with Crippen molar-refractivity contribution in [3.8, 4) is 5.88 Å². The molecule has 3 rings (SSSR count). The minimum Gasteiger partial charge on any atom is -0.477 e. The number of ether oxygens (including phenoxy) is 2. The summed E-state index contributed by atoms with van der Waals surface area (Å²) in [5.41, 5.74) is 10.2. The highest BCUT2D eigenvalue weighted by Crippen LogP contribution is 2.35. The molecule has 0 bridgehead atoms. The van der Waals surface area contributed by atoms with Crippen LogP contribution in [0.4, 0.5) is 20.3 Å². The summed E-state index contributed by atoms with van der Waals surface area (Å²) in [6, 6.07) is 3.57. The van der Waals surface area contributed by atoms with Crippen LogP contribution in [0.2, 0.25) is 0 Å². The Morgan fingerprint density at radius 1 is 1.37 bits per heavy atom. The number of aromatic nitrogens is 2. The van der Waals surface area contributed by atoms with Gasteiger partial charge in [0.2, 0.25) is 5.88 Å². The molecule has 30 heavy (non-hydrogen) atoms. The lowest BCUT2D eigenvalue weighted by atomic mass is 9.90. The zero-order valence-corrected chi connectivity index (χ0v) is 16.3. The van der Waals surface area contributed by atoms with Gasteiger partial charge in [0, 0.05) is 11.3 Å². The van der Waals surface area contributed by atoms with Gasteiger partial charge in [-0.25, -0.2) is 18.8 Å². The van der Waals surface area contributed by atoms with E-state index in [9.17, 15) is 13.6 Å². The van der Waals surface area contributed by atoms with Crippen LogP contribution in [0.3, 0.4) is 0 Å². The number of hydrogen-bond acceptors (Lipinski definition) is 8. The van der Waals surface area contributed by atoms with Crippen LogP contribution in [0.15, 0.2) is 41.2 Å². The lowest BCUT2D eigenvalue weighted by Gasteiger charge is -2.28. The Kier molecular flexibility index (Phi) is 5.81. The van der Waals surface area contributed by atoms with E-state index in [1.165, 1.54) is 31.3 Å². The molecule has 1 aromatic heterocycles. The van der Waals surface area contributed by atoms with Crippen molar-refractivity contribution in [1.82, 2.24) is 9.97 Å². The molecular weight excluding hydrogens is 398 g/mol. The number of halogens is 2. The number of benzene rings is 1. The van der Waals surface area contributed by atoms with Gasteiger partial charge in [0.25, 0.3) is 11.9 Å². The molecule has 2 aromatic rings. The van der Waals surface area contributed by atoms with E-state index >= 15 is 0 Å². The van der Waals surface area contributed by atoms with Crippen molar-refractivity contribution in [1.29, 1.82) is 0 Å². The van der Waals surface area contributed by atoms with Gasteiger partial charge in [0.15, 0.2) is 11.5 Å². The van der Waals surface area contributed by atoms with Crippen LogP contribution in [0.25, 0.3) is 0 Å². The molecule has 1 aliphatic heterocycles. The summed E-state index contributed by atoms with van der Waals surface area (Å²) in [4.78, 5) is 24.5. The van der Waals surface area contributed by atoms with Gasteiger partial charge >= 0.3 is 0 Å². The number of aliphatic imine (C=N–C) groups is 1. The first-order chi connectivity index (χ1) is 14.3. The number of hydrogen-bond donors (Lipinski definition) is 3. The number of amides is 1. The molecule has 5 N–H and O–H groups in total. The molecule has 0 spiro atoms. The number of nitrogens with one attached hydrogen (secondary N) is 1. The molecule has 0 unspecified atom stereocenters. The Hall–Kier alpha value is -3.76. The predicted molar refractivity (Wildman–Crippen MR) is 106 cm³/mol. The smallest absolute Gasteiger partial charge is 0.288 e. The summed E-state index contributed by atoms with van der Waals surface area (Å²) in [6.45, 7) is 2.75. The normalized spacial score (nSPS) is 18.1. The Balaban J connectivity index is 1.90. The van der Waals surface area contributed by atoms with E-state index in [0.717, 1.165) is 6.07 Å². The number of nitrogen functional groups attached to an aromatic ring is 1. The van der Waals surface area contributed by atoms with Crippen LogP contribution in [-0.2, 0) is 10.3 Å². The molecule has 1 aliphatic rings. The summed E-state index contributed by atoms with van der Waals surface area (Å²) in [6.07, 6.45) is 2.60. The lowest BCUT2D eigenvalue weighted by Crippen LogP contribution is -2.31. The fraction of sp³-hybridized carbons (Fsp3) is 0.263. The zero-order chi connectivity index (χ0) is 21.9. The first-order valence-electron chi connectivity index (χ1n) is 8.93. The third-order valence-corrected chi connectivity index (χ3v) is 4.21. The number of carbonyl (C=O) groups is 1. The molecular formula is C19H20F2N6O3. The summed E-state index contributed by atoms with van der Waals surface area (Å²) < 4.78 is 37.8. The molecule has 0 radical (unpaired) electrons. The fourth-order valence-corrected chi connectivity index (χ4v) is 2.93. The molecule has 1 aromatic carbocycles. The Morgan fingerprint density at radius 3 is 2.80 bits per heavy atom. The van der Waals surface area contributed by atoms with E-state index < -0.39 is 23.9 Å². The van der Waals surface area contributed by atoms with Gasteiger partial charge in [-0.2, -0.15) is 4.98 Å². The van der Waals surface area contributed by atoms with Crippen LogP contribution >= 0.6 is 0 Å². The number of amidine groups is 1.